The summed E-state index contributed by atoms with van der Waals surface area (Å²) in [6.45, 7) is 1.99. The number of carbonyl (C=O) groups is 1. The van der Waals surface area contributed by atoms with E-state index in [1.807, 2.05) is 31.2 Å². The van der Waals surface area contributed by atoms with E-state index < -0.39 is 18.2 Å². The number of nitrogens with one attached hydrogen (secondary N) is 1. The van der Waals surface area contributed by atoms with Gasteiger partial charge < -0.3 is 15.5 Å². The fraction of sp³-hybridized carbons (Fsp3) is 0.333. The average Bonchev–Trinajstić information content (AvgIpc) is 2.84. The number of benzene rings is 1. The van der Waals surface area contributed by atoms with Crippen molar-refractivity contribution >= 4 is 5.91 Å². The Morgan fingerprint density at radius 1 is 1.17 bits per heavy atom. The van der Waals surface area contributed by atoms with E-state index in [1.165, 1.54) is 0 Å². The SMILES string of the molecule is Cc1ccccc1[C@H]1C[C@@H](O)[C@@H](O)[C@@H]1NC(=O)c1ccccn1. The van der Waals surface area contributed by atoms with Crippen molar-refractivity contribution in [3.8, 4) is 0 Å². The summed E-state index contributed by atoms with van der Waals surface area (Å²) in [5.74, 6) is -0.476. The minimum absolute atomic E-state index is 0.131. The summed E-state index contributed by atoms with van der Waals surface area (Å²) in [6, 6.07) is 12.4. The van der Waals surface area contributed by atoms with Crippen molar-refractivity contribution in [2.75, 3.05) is 0 Å². The van der Waals surface area contributed by atoms with Crippen molar-refractivity contribution in [1.29, 1.82) is 0 Å². The zero-order valence-corrected chi connectivity index (χ0v) is 12.9. The number of pyridine rings is 1. The van der Waals surface area contributed by atoms with Crippen LogP contribution in [0.2, 0.25) is 0 Å². The van der Waals surface area contributed by atoms with Crippen LogP contribution in [0, 0.1) is 6.92 Å². The molecule has 1 saturated carbocycles. The van der Waals surface area contributed by atoms with Crippen molar-refractivity contribution in [3.63, 3.8) is 0 Å². The van der Waals surface area contributed by atoms with E-state index in [9.17, 15) is 15.0 Å². The first-order valence-corrected chi connectivity index (χ1v) is 7.71. The van der Waals surface area contributed by atoms with Gasteiger partial charge in [0.15, 0.2) is 0 Å². The topological polar surface area (TPSA) is 82.5 Å². The van der Waals surface area contributed by atoms with Gasteiger partial charge in [-0.3, -0.25) is 9.78 Å². The summed E-state index contributed by atoms with van der Waals surface area (Å²) in [6.07, 6.45) is 0.119. The molecule has 23 heavy (non-hydrogen) atoms. The Hall–Kier alpha value is -2.24. The molecule has 0 spiro atoms. The number of nitrogens with zero attached hydrogens (tertiary/aromatic N) is 1. The molecule has 1 heterocycles. The van der Waals surface area contributed by atoms with E-state index in [0.717, 1.165) is 11.1 Å². The predicted molar refractivity (Wildman–Crippen MR) is 86.0 cm³/mol. The third-order valence-electron chi connectivity index (χ3n) is 4.47. The molecule has 2 aromatic rings. The summed E-state index contributed by atoms with van der Waals surface area (Å²) in [7, 11) is 0. The summed E-state index contributed by atoms with van der Waals surface area (Å²) in [5.41, 5.74) is 2.41. The minimum Gasteiger partial charge on any atom is -0.390 e. The maximum absolute atomic E-state index is 12.3. The van der Waals surface area contributed by atoms with Gasteiger partial charge in [-0.25, -0.2) is 0 Å². The van der Waals surface area contributed by atoms with Crippen LogP contribution >= 0.6 is 0 Å². The van der Waals surface area contributed by atoms with Gasteiger partial charge in [0.05, 0.1) is 12.1 Å². The van der Waals surface area contributed by atoms with Gasteiger partial charge >= 0.3 is 0 Å². The maximum atomic E-state index is 12.3. The lowest BCUT2D eigenvalue weighted by atomic mass is 9.90. The molecule has 1 amide bonds. The highest BCUT2D eigenvalue weighted by molar-refractivity contribution is 5.92. The molecule has 1 aliphatic carbocycles. The van der Waals surface area contributed by atoms with E-state index in [0.29, 0.717) is 12.1 Å². The van der Waals surface area contributed by atoms with E-state index >= 15 is 0 Å². The minimum atomic E-state index is -0.993. The second-order valence-corrected chi connectivity index (χ2v) is 5.97. The Morgan fingerprint density at radius 2 is 1.91 bits per heavy atom. The number of amides is 1. The number of rotatable bonds is 3. The van der Waals surface area contributed by atoms with Gasteiger partial charge in [-0.15, -0.1) is 0 Å². The first-order valence-electron chi connectivity index (χ1n) is 7.71. The van der Waals surface area contributed by atoms with Crippen molar-refractivity contribution in [2.24, 2.45) is 0 Å². The third-order valence-corrected chi connectivity index (χ3v) is 4.47. The normalized spacial score (nSPS) is 26.9. The zero-order chi connectivity index (χ0) is 16.4. The standard InChI is InChI=1S/C18H20N2O3/c1-11-6-2-3-7-12(11)13-10-15(21)17(22)16(13)20-18(23)14-8-4-5-9-19-14/h2-9,13,15-17,21-22H,10H2,1H3,(H,20,23)/t13-,15-,16-,17-/m1/s1. The molecule has 0 saturated heterocycles. The van der Waals surface area contributed by atoms with Crippen LogP contribution in [-0.4, -0.2) is 39.4 Å². The smallest absolute Gasteiger partial charge is 0.270 e. The predicted octanol–water partition coefficient (Wildman–Crippen LogP) is 1.40. The molecule has 3 N–H and O–H groups in total. The molecule has 0 radical (unpaired) electrons. The quantitative estimate of drug-likeness (QED) is 0.800. The lowest BCUT2D eigenvalue weighted by molar-refractivity contribution is 0.0294. The van der Waals surface area contributed by atoms with E-state index in [1.54, 1.807) is 24.4 Å². The number of aromatic nitrogens is 1. The molecule has 0 bridgehead atoms. The summed E-state index contributed by atoms with van der Waals surface area (Å²) >= 11 is 0. The average molecular weight is 312 g/mol. The van der Waals surface area contributed by atoms with Crippen molar-refractivity contribution in [2.45, 2.75) is 37.5 Å². The van der Waals surface area contributed by atoms with Crippen LogP contribution < -0.4 is 5.32 Å². The highest BCUT2D eigenvalue weighted by atomic mass is 16.3. The fourth-order valence-corrected chi connectivity index (χ4v) is 3.26. The number of hydrogen-bond acceptors (Lipinski definition) is 4. The molecular weight excluding hydrogens is 292 g/mol. The number of aryl methyl sites for hydroxylation is 1. The highest BCUT2D eigenvalue weighted by Crippen LogP contribution is 2.36. The van der Waals surface area contributed by atoms with Crippen LogP contribution in [0.25, 0.3) is 0 Å². The number of aliphatic hydroxyl groups is 2. The van der Waals surface area contributed by atoms with Gasteiger partial charge in [0.2, 0.25) is 0 Å². The first-order chi connectivity index (χ1) is 11.1. The van der Waals surface area contributed by atoms with Crippen LogP contribution in [0.15, 0.2) is 48.7 Å². The molecule has 120 valence electrons. The highest BCUT2D eigenvalue weighted by Gasteiger charge is 2.43. The summed E-state index contributed by atoms with van der Waals surface area (Å²) in [5, 5.41) is 23.2. The van der Waals surface area contributed by atoms with Gasteiger partial charge in [0.1, 0.15) is 11.8 Å². The number of carbonyl (C=O) groups excluding carboxylic acids is 1. The molecule has 1 aliphatic rings. The van der Waals surface area contributed by atoms with Crippen LogP contribution in [0.1, 0.15) is 34.0 Å². The lowest BCUT2D eigenvalue weighted by Gasteiger charge is -2.24. The monoisotopic (exact) mass is 312 g/mol. The van der Waals surface area contributed by atoms with Gasteiger partial charge in [-0.1, -0.05) is 30.3 Å². The Kier molecular flexibility index (Phi) is 4.41. The van der Waals surface area contributed by atoms with E-state index in [2.05, 4.69) is 10.3 Å². The van der Waals surface area contributed by atoms with Crippen molar-refractivity contribution < 1.29 is 15.0 Å². The first kappa shape index (κ1) is 15.6. The van der Waals surface area contributed by atoms with E-state index in [-0.39, 0.29) is 11.8 Å². The molecule has 4 atom stereocenters. The van der Waals surface area contributed by atoms with Crippen LogP contribution in [0.5, 0.6) is 0 Å². The van der Waals surface area contributed by atoms with Gasteiger partial charge in [0.25, 0.3) is 5.91 Å². The molecule has 0 aliphatic heterocycles. The fourth-order valence-electron chi connectivity index (χ4n) is 3.26. The van der Waals surface area contributed by atoms with Crippen molar-refractivity contribution in [1.82, 2.24) is 10.3 Å². The van der Waals surface area contributed by atoms with Crippen LogP contribution in [0.4, 0.5) is 0 Å². The van der Waals surface area contributed by atoms with Crippen LogP contribution in [0.3, 0.4) is 0 Å². The molecular formula is C18H20N2O3. The Bertz CT molecular complexity index is 690. The lowest BCUT2D eigenvalue weighted by Crippen LogP contribution is -2.45. The van der Waals surface area contributed by atoms with Gasteiger partial charge in [-0.2, -0.15) is 0 Å². The molecule has 5 heteroatoms. The molecule has 5 nitrogen and oxygen atoms in total. The second kappa shape index (κ2) is 6.48. The van der Waals surface area contributed by atoms with Gasteiger partial charge in [0, 0.05) is 12.1 Å². The number of hydrogen-bond donors (Lipinski definition) is 3. The Labute approximate surface area is 135 Å². The molecule has 0 unspecified atom stereocenters. The Morgan fingerprint density at radius 3 is 2.61 bits per heavy atom. The molecule has 3 rings (SSSR count). The zero-order valence-electron chi connectivity index (χ0n) is 12.9. The summed E-state index contributed by atoms with van der Waals surface area (Å²) in [4.78, 5) is 16.4. The molecule has 1 aromatic heterocycles. The van der Waals surface area contributed by atoms with Crippen LogP contribution in [-0.2, 0) is 0 Å². The van der Waals surface area contributed by atoms with Crippen molar-refractivity contribution in [3.05, 3.63) is 65.5 Å². The second-order valence-electron chi connectivity index (χ2n) is 5.97. The summed E-state index contributed by atoms with van der Waals surface area (Å²) < 4.78 is 0. The Balaban J connectivity index is 1.86. The van der Waals surface area contributed by atoms with Gasteiger partial charge in [-0.05, 0) is 36.6 Å². The molecule has 1 aromatic carbocycles. The largest absolute Gasteiger partial charge is 0.390 e. The number of aliphatic hydroxyl groups excluding tert-OH is 2. The third kappa shape index (κ3) is 3.11. The maximum Gasteiger partial charge on any atom is 0.270 e. The van der Waals surface area contributed by atoms with E-state index in [4.69, 9.17) is 0 Å². The molecule has 1 fully saturated rings.